The average molecular weight is 511 g/mol. The van der Waals surface area contributed by atoms with E-state index < -0.39 is 5.82 Å². The maximum atomic E-state index is 16.0. The molecule has 0 fully saturated rings. The molecule has 0 aliphatic rings. The summed E-state index contributed by atoms with van der Waals surface area (Å²) < 4.78 is 29.4. The lowest BCUT2D eigenvalue weighted by Crippen LogP contribution is -2.10. The van der Waals surface area contributed by atoms with Crippen molar-refractivity contribution in [2.45, 2.75) is 19.8 Å². The number of rotatable bonds is 6. The Morgan fingerprint density at radius 2 is 1.76 bits per heavy atom. The summed E-state index contributed by atoms with van der Waals surface area (Å²) in [4.78, 5) is 32.5. The van der Waals surface area contributed by atoms with Crippen molar-refractivity contribution in [1.29, 1.82) is 0 Å². The van der Waals surface area contributed by atoms with Gasteiger partial charge in [-0.05, 0) is 30.2 Å². The molecular weight excluding hydrogens is 490 g/mol. The second-order valence-electron chi connectivity index (χ2n) is 8.72. The fraction of sp³-hybridized carbons (Fsp3) is 0.111. The Kier molecular flexibility index (Phi) is 5.79. The molecular formula is C27H20F2N8O. The van der Waals surface area contributed by atoms with Crippen LogP contribution < -0.4 is 5.32 Å². The van der Waals surface area contributed by atoms with Gasteiger partial charge in [0, 0.05) is 29.9 Å². The normalized spacial score (nSPS) is 11.3. The van der Waals surface area contributed by atoms with Crippen molar-refractivity contribution >= 4 is 33.5 Å². The van der Waals surface area contributed by atoms with Gasteiger partial charge in [-0.15, -0.1) is 0 Å². The molecule has 1 amide bonds. The predicted octanol–water partition coefficient (Wildman–Crippen LogP) is 5.64. The number of anilines is 1. The third-order valence-electron chi connectivity index (χ3n) is 6.09. The zero-order chi connectivity index (χ0) is 26.2. The number of nitrogens with zero attached hydrogens (tertiary/aromatic N) is 5. The minimum absolute atomic E-state index is 0.0593. The highest BCUT2D eigenvalue weighted by atomic mass is 19.1. The standard InChI is InChI=1S/C27H20F2N8O/c1-2-3-21(38)33-17-8-15(9-30-10-17)24-23(29)22-19(13-32-24)36-37-26(22)27-34-20-12-31-11-18(25(20)35-27)14-4-6-16(28)7-5-14/h4-13H,2-3H2,1H3,(H,33,38)(H,34,35)(H,36,37). The van der Waals surface area contributed by atoms with Gasteiger partial charge in [0.25, 0.3) is 0 Å². The number of hydrogen-bond acceptors (Lipinski definition) is 6. The van der Waals surface area contributed by atoms with Crippen LogP contribution in [0.2, 0.25) is 0 Å². The molecule has 38 heavy (non-hydrogen) atoms. The van der Waals surface area contributed by atoms with Gasteiger partial charge in [0.05, 0.1) is 46.2 Å². The van der Waals surface area contributed by atoms with Crippen LogP contribution >= 0.6 is 0 Å². The van der Waals surface area contributed by atoms with Crippen LogP contribution in [0, 0.1) is 11.6 Å². The van der Waals surface area contributed by atoms with Gasteiger partial charge >= 0.3 is 0 Å². The Morgan fingerprint density at radius 1 is 0.947 bits per heavy atom. The van der Waals surface area contributed by atoms with E-state index in [0.29, 0.717) is 52.0 Å². The summed E-state index contributed by atoms with van der Waals surface area (Å²) in [6.45, 7) is 1.91. The molecule has 0 saturated carbocycles. The zero-order valence-corrected chi connectivity index (χ0v) is 20.1. The summed E-state index contributed by atoms with van der Waals surface area (Å²) in [6, 6.07) is 7.65. The Bertz CT molecular complexity index is 1810. The number of amides is 1. The number of pyridine rings is 3. The molecule has 1 aromatic carbocycles. The number of aromatic nitrogens is 7. The summed E-state index contributed by atoms with van der Waals surface area (Å²) in [5.41, 5.74) is 4.21. The molecule has 0 saturated heterocycles. The molecule has 0 aliphatic carbocycles. The average Bonchev–Trinajstić information content (AvgIpc) is 3.54. The van der Waals surface area contributed by atoms with Gasteiger partial charge in [-0.1, -0.05) is 19.1 Å². The van der Waals surface area contributed by atoms with Gasteiger partial charge in [-0.2, -0.15) is 5.10 Å². The molecule has 188 valence electrons. The number of nitrogens with one attached hydrogen (secondary N) is 3. The van der Waals surface area contributed by atoms with Crippen LogP contribution in [0.3, 0.4) is 0 Å². The van der Waals surface area contributed by atoms with Gasteiger partial charge in [-0.3, -0.25) is 24.8 Å². The molecule has 5 aromatic heterocycles. The van der Waals surface area contributed by atoms with E-state index in [-0.39, 0.29) is 28.5 Å². The first kappa shape index (κ1) is 23.3. The lowest BCUT2D eigenvalue weighted by Gasteiger charge is -2.07. The Hall–Kier alpha value is -5.06. The Morgan fingerprint density at radius 3 is 2.58 bits per heavy atom. The summed E-state index contributed by atoms with van der Waals surface area (Å²) in [5, 5.41) is 10.1. The molecule has 0 atom stereocenters. The molecule has 6 rings (SSSR count). The largest absolute Gasteiger partial charge is 0.335 e. The van der Waals surface area contributed by atoms with Crippen LogP contribution in [0.1, 0.15) is 19.8 Å². The number of halogens is 2. The van der Waals surface area contributed by atoms with E-state index >= 15 is 4.39 Å². The number of imidazole rings is 1. The summed E-state index contributed by atoms with van der Waals surface area (Å²) in [5.74, 6) is -0.768. The number of carbonyl (C=O) groups is 1. The summed E-state index contributed by atoms with van der Waals surface area (Å²) in [7, 11) is 0. The van der Waals surface area contributed by atoms with E-state index in [0.717, 1.165) is 5.56 Å². The second kappa shape index (κ2) is 9.43. The number of benzene rings is 1. The monoisotopic (exact) mass is 510 g/mol. The number of H-pyrrole nitrogens is 2. The van der Waals surface area contributed by atoms with Crippen molar-refractivity contribution in [2.24, 2.45) is 0 Å². The predicted molar refractivity (Wildman–Crippen MR) is 139 cm³/mol. The third-order valence-corrected chi connectivity index (χ3v) is 6.09. The van der Waals surface area contributed by atoms with Crippen LogP contribution in [-0.4, -0.2) is 41.0 Å². The SMILES string of the molecule is CCCC(=O)Nc1cncc(-c2ncc3[nH]nc(-c4nc5c(-c6ccc(F)cc6)cncc5[nH]4)c3c2F)c1. The molecule has 0 spiro atoms. The van der Waals surface area contributed by atoms with Gasteiger partial charge in [0.15, 0.2) is 11.6 Å². The lowest BCUT2D eigenvalue weighted by molar-refractivity contribution is -0.116. The van der Waals surface area contributed by atoms with Crippen LogP contribution in [0.4, 0.5) is 14.5 Å². The van der Waals surface area contributed by atoms with Gasteiger partial charge in [-0.25, -0.2) is 13.8 Å². The molecule has 5 heterocycles. The maximum Gasteiger partial charge on any atom is 0.224 e. The van der Waals surface area contributed by atoms with Crippen LogP contribution in [-0.2, 0) is 4.79 Å². The van der Waals surface area contributed by atoms with Crippen molar-refractivity contribution in [2.75, 3.05) is 5.32 Å². The number of fused-ring (bicyclic) bond motifs is 2. The minimum Gasteiger partial charge on any atom is -0.335 e. The highest BCUT2D eigenvalue weighted by molar-refractivity contribution is 5.98. The van der Waals surface area contributed by atoms with Crippen molar-refractivity contribution < 1.29 is 13.6 Å². The summed E-state index contributed by atoms with van der Waals surface area (Å²) in [6.07, 6.45) is 8.80. The molecule has 6 aromatic rings. The van der Waals surface area contributed by atoms with Crippen molar-refractivity contribution in [1.82, 2.24) is 35.1 Å². The summed E-state index contributed by atoms with van der Waals surface area (Å²) >= 11 is 0. The fourth-order valence-electron chi connectivity index (χ4n) is 4.32. The highest BCUT2D eigenvalue weighted by Gasteiger charge is 2.21. The van der Waals surface area contributed by atoms with Crippen LogP contribution in [0.25, 0.3) is 55.8 Å². The van der Waals surface area contributed by atoms with Crippen LogP contribution in [0.5, 0.6) is 0 Å². The molecule has 0 aliphatic heterocycles. The lowest BCUT2D eigenvalue weighted by atomic mass is 10.1. The smallest absolute Gasteiger partial charge is 0.224 e. The number of carbonyl (C=O) groups excluding carboxylic acids is 1. The van der Waals surface area contributed by atoms with E-state index in [2.05, 4.69) is 35.5 Å². The molecule has 3 N–H and O–H groups in total. The van der Waals surface area contributed by atoms with E-state index in [1.165, 1.54) is 30.7 Å². The van der Waals surface area contributed by atoms with Crippen molar-refractivity contribution in [3.8, 4) is 33.9 Å². The van der Waals surface area contributed by atoms with Crippen molar-refractivity contribution in [3.63, 3.8) is 0 Å². The van der Waals surface area contributed by atoms with Gasteiger partial charge in [0.2, 0.25) is 5.91 Å². The maximum absolute atomic E-state index is 16.0. The number of hydrogen-bond donors (Lipinski definition) is 3. The first-order valence-corrected chi connectivity index (χ1v) is 11.9. The Labute approximate surface area is 214 Å². The molecule has 9 nitrogen and oxygen atoms in total. The minimum atomic E-state index is -0.609. The molecule has 0 bridgehead atoms. The first-order chi connectivity index (χ1) is 18.5. The quantitative estimate of drug-likeness (QED) is 0.266. The van der Waals surface area contributed by atoms with E-state index in [1.54, 1.807) is 30.6 Å². The zero-order valence-electron chi connectivity index (χ0n) is 20.1. The van der Waals surface area contributed by atoms with E-state index in [9.17, 15) is 9.18 Å². The highest BCUT2D eigenvalue weighted by Crippen LogP contribution is 2.34. The molecule has 0 radical (unpaired) electrons. The van der Waals surface area contributed by atoms with E-state index in [1.807, 2.05) is 6.92 Å². The third kappa shape index (κ3) is 4.13. The molecule has 0 unspecified atom stereocenters. The van der Waals surface area contributed by atoms with Crippen LogP contribution in [0.15, 0.2) is 61.3 Å². The van der Waals surface area contributed by atoms with Gasteiger partial charge < -0.3 is 10.3 Å². The first-order valence-electron chi connectivity index (χ1n) is 11.9. The Balaban J connectivity index is 1.44. The van der Waals surface area contributed by atoms with Gasteiger partial charge in [0.1, 0.15) is 17.2 Å². The van der Waals surface area contributed by atoms with Crippen molar-refractivity contribution in [3.05, 3.63) is 73.0 Å². The topological polar surface area (TPSA) is 125 Å². The van der Waals surface area contributed by atoms with E-state index in [4.69, 9.17) is 4.98 Å². The number of aromatic amines is 2. The second-order valence-corrected chi connectivity index (χ2v) is 8.72. The fourth-order valence-corrected chi connectivity index (χ4v) is 4.32. The molecule has 11 heteroatoms.